The highest BCUT2D eigenvalue weighted by molar-refractivity contribution is 5.44. The van der Waals surface area contributed by atoms with E-state index in [0.717, 1.165) is 22.4 Å². The first-order valence-electron chi connectivity index (χ1n) is 6.41. The highest BCUT2D eigenvalue weighted by Crippen LogP contribution is 2.26. The van der Waals surface area contributed by atoms with E-state index in [1.807, 2.05) is 32.9 Å². The lowest BCUT2D eigenvalue weighted by Crippen LogP contribution is -2.01. The number of halogens is 1. The number of nitriles is 1. The van der Waals surface area contributed by atoms with Crippen molar-refractivity contribution < 1.29 is 9.13 Å². The monoisotopic (exact) mass is 269 g/mol. The van der Waals surface area contributed by atoms with Crippen LogP contribution in [0.1, 0.15) is 27.8 Å². The summed E-state index contributed by atoms with van der Waals surface area (Å²) in [6, 6.07) is 10.4. The zero-order valence-electron chi connectivity index (χ0n) is 11.8. The summed E-state index contributed by atoms with van der Waals surface area (Å²) < 4.78 is 19.1. The quantitative estimate of drug-likeness (QED) is 0.836. The van der Waals surface area contributed by atoms with Crippen LogP contribution in [0.15, 0.2) is 30.3 Å². The van der Waals surface area contributed by atoms with Crippen LogP contribution in [0.2, 0.25) is 0 Å². The third-order valence-electron chi connectivity index (χ3n) is 3.41. The molecule has 0 aromatic heterocycles. The van der Waals surface area contributed by atoms with E-state index in [2.05, 4.69) is 6.07 Å². The molecule has 20 heavy (non-hydrogen) atoms. The Morgan fingerprint density at radius 3 is 2.50 bits per heavy atom. The number of benzene rings is 2. The van der Waals surface area contributed by atoms with Crippen LogP contribution in [0.5, 0.6) is 5.75 Å². The van der Waals surface area contributed by atoms with Crippen molar-refractivity contribution >= 4 is 0 Å². The van der Waals surface area contributed by atoms with Gasteiger partial charge in [0.2, 0.25) is 0 Å². The lowest BCUT2D eigenvalue weighted by molar-refractivity contribution is 0.301. The van der Waals surface area contributed by atoms with Crippen LogP contribution < -0.4 is 4.74 Å². The van der Waals surface area contributed by atoms with Gasteiger partial charge < -0.3 is 4.74 Å². The molecule has 0 aliphatic heterocycles. The number of hydrogen-bond donors (Lipinski definition) is 0. The summed E-state index contributed by atoms with van der Waals surface area (Å²) in [6.07, 6.45) is 0. The van der Waals surface area contributed by atoms with Crippen molar-refractivity contribution in [3.05, 3.63) is 64.0 Å². The highest BCUT2D eigenvalue weighted by atomic mass is 19.1. The van der Waals surface area contributed by atoms with Gasteiger partial charge >= 0.3 is 0 Å². The molecule has 0 aliphatic carbocycles. The Hall–Kier alpha value is -2.34. The summed E-state index contributed by atoms with van der Waals surface area (Å²) in [5.41, 5.74) is 4.16. The molecule has 0 atom stereocenters. The Bertz CT molecular complexity index is 686. The normalized spacial score (nSPS) is 10.2. The minimum atomic E-state index is -0.501. The molecule has 2 rings (SSSR count). The van der Waals surface area contributed by atoms with Gasteiger partial charge in [-0.15, -0.1) is 0 Å². The summed E-state index contributed by atoms with van der Waals surface area (Å²) in [6.45, 7) is 6.36. The van der Waals surface area contributed by atoms with Crippen molar-refractivity contribution in [2.75, 3.05) is 0 Å². The Morgan fingerprint density at radius 2 is 1.80 bits per heavy atom. The standard InChI is InChI=1S/C17H16FNO/c1-11-4-5-12(2)17(13(11)3)20-10-14-6-7-16(18)15(8-14)9-19/h4-8H,10H2,1-3H3. The van der Waals surface area contributed by atoms with Crippen LogP contribution in [-0.2, 0) is 6.61 Å². The topological polar surface area (TPSA) is 33.0 Å². The lowest BCUT2D eigenvalue weighted by atomic mass is 10.1. The van der Waals surface area contributed by atoms with Crippen LogP contribution in [-0.4, -0.2) is 0 Å². The number of nitrogens with zero attached hydrogens (tertiary/aromatic N) is 1. The molecule has 2 aromatic carbocycles. The van der Waals surface area contributed by atoms with E-state index < -0.39 is 5.82 Å². The van der Waals surface area contributed by atoms with Crippen LogP contribution in [0.3, 0.4) is 0 Å². The molecule has 0 heterocycles. The Labute approximate surface area is 118 Å². The van der Waals surface area contributed by atoms with Gasteiger partial charge in [-0.05, 0) is 55.2 Å². The van der Waals surface area contributed by atoms with Crippen molar-refractivity contribution in [1.29, 1.82) is 5.26 Å². The van der Waals surface area contributed by atoms with Gasteiger partial charge in [-0.3, -0.25) is 0 Å². The van der Waals surface area contributed by atoms with Gasteiger partial charge in [-0.25, -0.2) is 4.39 Å². The molecule has 0 N–H and O–H groups in total. The minimum absolute atomic E-state index is 0.0452. The van der Waals surface area contributed by atoms with Gasteiger partial charge in [-0.2, -0.15) is 5.26 Å². The number of aryl methyl sites for hydroxylation is 2. The van der Waals surface area contributed by atoms with E-state index >= 15 is 0 Å². The van der Waals surface area contributed by atoms with Crippen molar-refractivity contribution in [3.63, 3.8) is 0 Å². The molecular formula is C17H16FNO. The first-order chi connectivity index (χ1) is 9.52. The molecule has 0 radical (unpaired) electrons. The van der Waals surface area contributed by atoms with E-state index in [9.17, 15) is 4.39 Å². The smallest absolute Gasteiger partial charge is 0.140 e. The van der Waals surface area contributed by atoms with Crippen LogP contribution in [0, 0.1) is 37.9 Å². The second kappa shape index (κ2) is 5.75. The zero-order valence-corrected chi connectivity index (χ0v) is 11.8. The SMILES string of the molecule is Cc1ccc(C)c(OCc2ccc(F)c(C#N)c2)c1C. The van der Waals surface area contributed by atoms with Crippen molar-refractivity contribution in [3.8, 4) is 11.8 Å². The first-order valence-corrected chi connectivity index (χ1v) is 6.41. The second-order valence-corrected chi connectivity index (χ2v) is 4.87. The number of rotatable bonds is 3. The summed E-state index contributed by atoms with van der Waals surface area (Å²) in [5, 5.41) is 8.82. The fourth-order valence-corrected chi connectivity index (χ4v) is 2.05. The van der Waals surface area contributed by atoms with Gasteiger partial charge in [0.05, 0.1) is 5.56 Å². The predicted molar refractivity (Wildman–Crippen MR) is 76.1 cm³/mol. The molecule has 0 bridgehead atoms. The molecule has 0 amide bonds. The Kier molecular flexibility index (Phi) is 4.05. The maximum atomic E-state index is 13.3. The van der Waals surface area contributed by atoms with Crippen LogP contribution >= 0.6 is 0 Å². The minimum Gasteiger partial charge on any atom is -0.488 e. The molecule has 3 heteroatoms. The molecule has 0 saturated carbocycles. The average Bonchev–Trinajstić information content (AvgIpc) is 2.44. The fourth-order valence-electron chi connectivity index (χ4n) is 2.05. The summed E-state index contributed by atoms with van der Waals surface area (Å²) in [4.78, 5) is 0. The predicted octanol–water partition coefficient (Wildman–Crippen LogP) is 4.20. The summed E-state index contributed by atoms with van der Waals surface area (Å²) >= 11 is 0. The Balaban J connectivity index is 2.22. The molecule has 0 fully saturated rings. The molecule has 102 valence electrons. The molecule has 0 spiro atoms. The van der Waals surface area contributed by atoms with Crippen molar-refractivity contribution in [1.82, 2.24) is 0 Å². The van der Waals surface area contributed by atoms with E-state index in [4.69, 9.17) is 10.00 Å². The average molecular weight is 269 g/mol. The van der Waals surface area contributed by atoms with E-state index in [1.54, 1.807) is 6.07 Å². The van der Waals surface area contributed by atoms with Crippen molar-refractivity contribution in [2.45, 2.75) is 27.4 Å². The Morgan fingerprint density at radius 1 is 1.10 bits per heavy atom. The molecule has 0 aliphatic rings. The third-order valence-corrected chi connectivity index (χ3v) is 3.41. The maximum absolute atomic E-state index is 13.3. The number of ether oxygens (including phenoxy) is 1. The van der Waals surface area contributed by atoms with E-state index in [-0.39, 0.29) is 5.56 Å². The van der Waals surface area contributed by atoms with Gasteiger partial charge in [0.1, 0.15) is 24.2 Å². The van der Waals surface area contributed by atoms with Gasteiger partial charge in [-0.1, -0.05) is 18.2 Å². The van der Waals surface area contributed by atoms with Crippen LogP contribution in [0.25, 0.3) is 0 Å². The highest BCUT2D eigenvalue weighted by Gasteiger charge is 2.08. The third kappa shape index (κ3) is 2.80. The van der Waals surface area contributed by atoms with Gasteiger partial charge in [0.15, 0.2) is 0 Å². The molecule has 2 aromatic rings. The summed E-state index contributed by atoms with van der Waals surface area (Å²) in [7, 11) is 0. The molecule has 0 unspecified atom stereocenters. The summed E-state index contributed by atoms with van der Waals surface area (Å²) in [5.74, 6) is 0.354. The van der Waals surface area contributed by atoms with E-state index in [0.29, 0.717) is 6.61 Å². The molecular weight excluding hydrogens is 253 g/mol. The van der Waals surface area contributed by atoms with Crippen LogP contribution in [0.4, 0.5) is 4.39 Å². The van der Waals surface area contributed by atoms with Gasteiger partial charge in [0, 0.05) is 0 Å². The fraction of sp³-hybridized carbons (Fsp3) is 0.235. The molecule has 2 nitrogen and oxygen atoms in total. The first kappa shape index (κ1) is 14.1. The lowest BCUT2D eigenvalue weighted by Gasteiger charge is -2.14. The van der Waals surface area contributed by atoms with E-state index in [1.165, 1.54) is 17.7 Å². The largest absolute Gasteiger partial charge is 0.488 e. The zero-order chi connectivity index (χ0) is 14.7. The van der Waals surface area contributed by atoms with Crippen molar-refractivity contribution in [2.24, 2.45) is 0 Å². The molecule has 0 saturated heterocycles. The van der Waals surface area contributed by atoms with Gasteiger partial charge in [0.25, 0.3) is 0 Å². The number of hydrogen-bond acceptors (Lipinski definition) is 2. The maximum Gasteiger partial charge on any atom is 0.140 e. The second-order valence-electron chi connectivity index (χ2n) is 4.87.